The van der Waals surface area contributed by atoms with Gasteiger partial charge in [0, 0.05) is 23.2 Å². The highest BCUT2D eigenvalue weighted by Gasteiger charge is 2.15. The van der Waals surface area contributed by atoms with Crippen LogP contribution in [-0.4, -0.2) is 23.0 Å². The van der Waals surface area contributed by atoms with E-state index in [0.717, 1.165) is 47.4 Å². The zero-order valence-corrected chi connectivity index (χ0v) is 16.0. The maximum Gasteiger partial charge on any atom is 0.194 e. The van der Waals surface area contributed by atoms with E-state index in [4.69, 9.17) is 0 Å². The van der Waals surface area contributed by atoms with E-state index in [0.29, 0.717) is 0 Å². The summed E-state index contributed by atoms with van der Waals surface area (Å²) in [7, 11) is 0. The summed E-state index contributed by atoms with van der Waals surface area (Å²) in [6.07, 6.45) is 4.75. The van der Waals surface area contributed by atoms with Crippen LogP contribution in [0.3, 0.4) is 0 Å². The van der Waals surface area contributed by atoms with Crippen LogP contribution >= 0.6 is 0 Å². The molecule has 1 aromatic heterocycles. The van der Waals surface area contributed by atoms with Gasteiger partial charge >= 0.3 is 0 Å². The molecule has 2 aromatic rings. The van der Waals surface area contributed by atoms with Gasteiger partial charge in [0.05, 0.1) is 5.52 Å². The summed E-state index contributed by atoms with van der Waals surface area (Å²) in [6, 6.07) is 4.18. The largest absolute Gasteiger partial charge is 0.358 e. The molecule has 3 nitrogen and oxygen atoms in total. The minimum absolute atomic E-state index is 0.205. The number of fused-ring (bicyclic) bond motifs is 1. The lowest BCUT2D eigenvalue weighted by atomic mass is 10.0. The summed E-state index contributed by atoms with van der Waals surface area (Å²) in [5.74, 6) is 0. The molecule has 0 aliphatic rings. The number of aromatic amines is 1. The van der Waals surface area contributed by atoms with Gasteiger partial charge in [-0.3, -0.25) is 9.69 Å². The van der Waals surface area contributed by atoms with Gasteiger partial charge in [0.15, 0.2) is 5.43 Å². The van der Waals surface area contributed by atoms with Gasteiger partial charge in [-0.25, -0.2) is 0 Å². The van der Waals surface area contributed by atoms with Crippen molar-refractivity contribution in [3.63, 3.8) is 0 Å². The number of hydrogen-bond donors (Lipinski definition) is 1. The third kappa shape index (κ3) is 4.27. The Morgan fingerprint density at radius 2 is 1.62 bits per heavy atom. The number of benzene rings is 1. The molecule has 132 valence electrons. The second kappa shape index (κ2) is 8.48. The molecular weight excluding hydrogens is 296 g/mol. The molecule has 0 aliphatic heterocycles. The maximum absolute atomic E-state index is 13.1. The van der Waals surface area contributed by atoms with Gasteiger partial charge in [-0.2, -0.15) is 0 Å². The molecule has 3 heteroatoms. The van der Waals surface area contributed by atoms with Crippen molar-refractivity contribution < 1.29 is 0 Å². The molecule has 0 saturated heterocycles. The summed E-state index contributed by atoms with van der Waals surface area (Å²) < 4.78 is 0. The molecule has 0 fully saturated rings. The number of aromatic nitrogens is 1. The molecule has 0 amide bonds. The van der Waals surface area contributed by atoms with Crippen LogP contribution < -0.4 is 5.43 Å². The van der Waals surface area contributed by atoms with Gasteiger partial charge < -0.3 is 4.98 Å². The van der Waals surface area contributed by atoms with Crippen LogP contribution in [0.2, 0.25) is 0 Å². The van der Waals surface area contributed by atoms with E-state index in [1.807, 2.05) is 13.8 Å². The number of nitrogens with zero attached hydrogens (tertiary/aromatic N) is 1. The predicted octanol–water partition coefficient (Wildman–Crippen LogP) is 4.86. The molecule has 0 saturated carbocycles. The van der Waals surface area contributed by atoms with Crippen molar-refractivity contribution >= 4 is 10.9 Å². The van der Waals surface area contributed by atoms with Crippen LogP contribution in [-0.2, 0) is 6.54 Å². The standard InChI is InChI=1S/C21H32N2O/c1-6-8-10-23(11-9-7-2)14-18-17(5)22-19-13-15(3)12-16(4)20(19)21(18)24/h12-13H,6-11,14H2,1-5H3,(H,22,24). The zero-order valence-electron chi connectivity index (χ0n) is 16.0. The zero-order chi connectivity index (χ0) is 17.7. The van der Waals surface area contributed by atoms with Crippen LogP contribution in [0.25, 0.3) is 10.9 Å². The number of nitrogens with one attached hydrogen (secondary N) is 1. The van der Waals surface area contributed by atoms with Crippen LogP contribution in [0.4, 0.5) is 0 Å². The van der Waals surface area contributed by atoms with Crippen molar-refractivity contribution in [1.29, 1.82) is 0 Å². The van der Waals surface area contributed by atoms with Gasteiger partial charge in [-0.05, 0) is 63.9 Å². The Labute approximate surface area is 146 Å². The molecule has 0 bridgehead atoms. The van der Waals surface area contributed by atoms with E-state index in [9.17, 15) is 4.79 Å². The fraction of sp³-hybridized carbons (Fsp3) is 0.571. The smallest absolute Gasteiger partial charge is 0.194 e. The van der Waals surface area contributed by atoms with Crippen molar-refractivity contribution in [2.24, 2.45) is 0 Å². The van der Waals surface area contributed by atoms with Crippen molar-refractivity contribution in [1.82, 2.24) is 9.88 Å². The fourth-order valence-corrected chi connectivity index (χ4v) is 3.41. The Bertz CT molecular complexity index is 738. The summed E-state index contributed by atoms with van der Waals surface area (Å²) in [5, 5.41) is 0.854. The summed E-state index contributed by atoms with van der Waals surface area (Å²) in [5.41, 5.74) is 5.37. The van der Waals surface area contributed by atoms with Crippen molar-refractivity contribution in [3.05, 3.63) is 44.7 Å². The van der Waals surface area contributed by atoms with Crippen molar-refractivity contribution in [3.8, 4) is 0 Å². The van der Waals surface area contributed by atoms with Gasteiger partial charge in [-0.15, -0.1) is 0 Å². The van der Waals surface area contributed by atoms with Crippen molar-refractivity contribution in [2.75, 3.05) is 13.1 Å². The molecule has 24 heavy (non-hydrogen) atoms. The highest BCUT2D eigenvalue weighted by molar-refractivity contribution is 5.83. The van der Waals surface area contributed by atoms with Crippen LogP contribution in [0.5, 0.6) is 0 Å². The van der Waals surface area contributed by atoms with Gasteiger partial charge in [-0.1, -0.05) is 32.8 Å². The highest BCUT2D eigenvalue weighted by Crippen LogP contribution is 2.18. The molecule has 1 aromatic carbocycles. The third-order valence-corrected chi connectivity index (χ3v) is 4.79. The first-order chi connectivity index (χ1) is 11.5. The lowest BCUT2D eigenvalue weighted by Crippen LogP contribution is -2.29. The second-order valence-electron chi connectivity index (χ2n) is 7.05. The molecule has 2 rings (SSSR count). The van der Waals surface area contributed by atoms with E-state index in [1.54, 1.807) is 0 Å². The molecular formula is C21H32N2O. The first-order valence-electron chi connectivity index (χ1n) is 9.33. The predicted molar refractivity (Wildman–Crippen MR) is 104 cm³/mol. The van der Waals surface area contributed by atoms with Gasteiger partial charge in [0.1, 0.15) is 0 Å². The number of aryl methyl sites for hydroxylation is 3. The molecule has 1 N–H and O–H groups in total. The average molecular weight is 329 g/mol. The minimum Gasteiger partial charge on any atom is -0.358 e. The normalized spacial score (nSPS) is 11.6. The molecule has 0 atom stereocenters. The Morgan fingerprint density at radius 3 is 2.21 bits per heavy atom. The molecule has 1 heterocycles. The number of H-pyrrole nitrogens is 1. The van der Waals surface area contributed by atoms with Crippen molar-refractivity contribution in [2.45, 2.75) is 66.8 Å². The monoisotopic (exact) mass is 328 g/mol. The van der Waals surface area contributed by atoms with E-state index < -0.39 is 0 Å². The molecule has 0 spiro atoms. The number of rotatable bonds is 8. The number of hydrogen-bond acceptors (Lipinski definition) is 2. The first-order valence-corrected chi connectivity index (χ1v) is 9.33. The maximum atomic E-state index is 13.1. The lowest BCUT2D eigenvalue weighted by Gasteiger charge is -2.23. The third-order valence-electron chi connectivity index (χ3n) is 4.79. The average Bonchev–Trinajstić information content (AvgIpc) is 2.52. The molecule has 0 radical (unpaired) electrons. The lowest BCUT2D eigenvalue weighted by molar-refractivity contribution is 0.256. The molecule has 0 aliphatic carbocycles. The Kier molecular flexibility index (Phi) is 6.61. The Hall–Kier alpha value is -1.61. The van der Waals surface area contributed by atoms with Crippen LogP contribution in [0.1, 0.15) is 61.9 Å². The van der Waals surface area contributed by atoms with Gasteiger partial charge in [0.2, 0.25) is 0 Å². The van der Waals surface area contributed by atoms with E-state index in [1.165, 1.54) is 31.2 Å². The van der Waals surface area contributed by atoms with E-state index in [-0.39, 0.29) is 5.43 Å². The SMILES string of the molecule is CCCCN(CCCC)Cc1c(C)[nH]c2cc(C)cc(C)c2c1=O. The number of pyridine rings is 1. The number of unbranched alkanes of at least 4 members (excludes halogenated alkanes) is 2. The Balaban J connectivity index is 2.41. The first kappa shape index (κ1) is 18.7. The summed E-state index contributed by atoms with van der Waals surface area (Å²) in [6.45, 7) is 13.5. The van der Waals surface area contributed by atoms with E-state index >= 15 is 0 Å². The van der Waals surface area contributed by atoms with E-state index in [2.05, 4.69) is 42.8 Å². The topological polar surface area (TPSA) is 36.1 Å². The summed E-state index contributed by atoms with van der Waals surface area (Å²) >= 11 is 0. The second-order valence-corrected chi connectivity index (χ2v) is 7.05. The quantitative estimate of drug-likeness (QED) is 0.751. The van der Waals surface area contributed by atoms with Gasteiger partial charge in [0.25, 0.3) is 0 Å². The summed E-state index contributed by atoms with van der Waals surface area (Å²) in [4.78, 5) is 19.0. The highest BCUT2D eigenvalue weighted by atomic mass is 16.1. The minimum atomic E-state index is 0.205. The molecule has 0 unspecified atom stereocenters. The fourth-order valence-electron chi connectivity index (χ4n) is 3.41. The van der Waals surface area contributed by atoms with Crippen LogP contribution in [0.15, 0.2) is 16.9 Å². The Morgan fingerprint density at radius 1 is 1.00 bits per heavy atom. The van der Waals surface area contributed by atoms with Crippen LogP contribution in [0, 0.1) is 20.8 Å².